The summed E-state index contributed by atoms with van der Waals surface area (Å²) in [6.07, 6.45) is 0.451. The molecule has 0 fully saturated rings. The molecule has 0 bridgehead atoms. The van der Waals surface area contributed by atoms with Crippen molar-refractivity contribution in [3.8, 4) is 5.75 Å². The van der Waals surface area contributed by atoms with Gasteiger partial charge in [-0.05, 0) is 35.9 Å². The van der Waals surface area contributed by atoms with Crippen LogP contribution in [0.1, 0.15) is 15.9 Å². The number of halogens is 3. The highest BCUT2D eigenvalue weighted by atomic mass is 35.5. The second-order valence-corrected chi connectivity index (χ2v) is 5.13. The average Bonchev–Trinajstić information content (AvgIpc) is 2.43. The molecule has 6 heteroatoms. The predicted octanol–water partition coefficient (Wildman–Crippen LogP) is 4.45. The molecule has 2 aromatic rings. The van der Waals surface area contributed by atoms with Gasteiger partial charge < -0.3 is 9.84 Å². The Labute approximate surface area is 130 Å². The summed E-state index contributed by atoms with van der Waals surface area (Å²) in [5, 5.41) is 9.90. The van der Waals surface area contributed by atoms with Crippen LogP contribution in [0, 0.1) is 5.82 Å². The third kappa shape index (κ3) is 4.09. The highest BCUT2D eigenvalue weighted by molar-refractivity contribution is 6.35. The third-order valence-electron chi connectivity index (χ3n) is 2.82. The minimum Gasteiger partial charge on any atom is -0.490 e. The molecule has 0 aliphatic carbocycles. The van der Waals surface area contributed by atoms with Crippen molar-refractivity contribution in [2.75, 3.05) is 6.61 Å². The molecule has 0 aliphatic rings. The van der Waals surface area contributed by atoms with Gasteiger partial charge in [0.05, 0.1) is 12.2 Å². The first-order valence-corrected chi connectivity index (χ1v) is 6.82. The summed E-state index contributed by atoms with van der Waals surface area (Å²) in [5.74, 6) is -1.84. The lowest BCUT2D eigenvalue weighted by Gasteiger charge is -2.09. The predicted molar refractivity (Wildman–Crippen MR) is 79.0 cm³/mol. The van der Waals surface area contributed by atoms with E-state index in [0.717, 1.165) is 17.7 Å². The lowest BCUT2D eigenvalue weighted by atomic mass is 10.1. The standard InChI is InChI=1S/C15H11Cl2FO3/c16-11-3-1-9(12(17)8-11)5-6-21-14-7-10(15(19)20)2-4-13(14)18/h1-4,7-8H,5-6H2,(H,19,20). The summed E-state index contributed by atoms with van der Waals surface area (Å²) < 4.78 is 18.8. The smallest absolute Gasteiger partial charge is 0.335 e. The Bertz CT molecular complexity index is 674. The summed E-state index contributed by atoms with van der Waals surface area (Å²) in [6.45, 7) is 0.168. The Morgan fingerprint density at radius 3 is 2.62 bits per heavy atom. The molecule has 0 atom stereocenters. The van der Waals surface area contributed by atoms with Crippen LogP contribution in [0.2, 0.25) is 10.0 Å². The number of carboxylic acids is 1. The van der Waals surface area contributed by atoms with Crippen LogP contribution in [-0.4, -0.2) is 17.7 Å². The lowest BCUT2D eigenvalue weighted by Crippen LogP contribution is -2.05. The molecule has 2 aromatic carbocycles. The molecule has 0 saturated heterocycles. The molecule has 0 saturated carbocycles. The van der Waals surface area contributed by atoms with Gasteiger partial charge in [0.25, 0.3) is 0 Å². The molecule has 0 radical (unpaired) electrons. The van der Waals surface area contributed by atoms with Gasteiger partial charge in [-0.25, -0.2) is 9.18 Å². The highest BCUT2D eigenvalue weighted by Crippen LogP contribution is 2.23. The summed E-state index contributed by atoms with van der Waals surface area (Å²) in [4.78, 5) is 10.8. The number of aromatic carboxylic acids is 1. The Morgan fingerprint density at radius 2 is 1.95 bits per heavy atom. The molecule has 0 heterocycles. The SMILES string of the molecule is O=C(O)c1ccc(F)c(OCCc2ccc(Cl)cc2Cl)c1. The maximum Gasteiger partial charge on any atom is 0.335 e. The third-order valence-corrected chi connectivity index (χ3v) is 3.41. The molecule has 0 aromatic heterocycles. The number of benzene rings is 2. The Morgan fingerprint density at radius 1 is 1.19 bits per heavy atom. The van der Waals surface area contributed by atoms with Gasteiger partial charge in [-0.1, -0.05) is 29.3 Å². The second-order valence-electron chi connectivity index (χ2n) is 4.28. The number of hydrogen-bond acceptors (Lipinski definition) is 2. The molecular weight excluding hydrogens is 318 g/mol. The number of rotatable bonds is 5. The van der Waals surface area contributed by atoms with Gasteiger partial charge in [0.15, 0.2) is 11.6 Å². The van der Waals surface area contributed by atoms with Crippen molar-refractivity contribution in [1.82, 2.24) is 0 Å². The van der Waals surface area contributed by atoms with Gasteiger partial charge in [0, 0.05) is 16.5 Å². The number of hydrogen-bond donors (Lipinski definition) is 1. The minimum atomic E-state index is -1.14. The fourth-order valence-corrected chi connectivity index (χ4v) is 2.25. The zero-order chi connectivity index (χ0) is 15.4. The van der Waals surface area contributed by atoms with Gasteiger partial charge >= 0.3 is 5.97 Å². The molecular formula is C15H11Cl2FO3. The van der Waals surface area contributed by atoms with Gasteiger partial charge in [-0.15, -0.1) is 0 Å². The largest absolute Gasteiger partial charge is 0.490 e. The summed E-state index contributed by atoms with van der Waals surface area (Å²) in [7, 11) is 0. The van der Waals surface area contributed by atoms with E-state index in [1.165, 1.54) is 6.07 Å². The Hall–Kier alpha value is -1.78. The zero-order valence-corrected chi connectivity index (χ0v) is 12.3. The van der Waals surface area contributed by atoms with Gasteiger partial charge in [-0.3, -0.25) is 0 Å². The van der Waals surface area contributed by atoms with Gasteiger partial charge in [-0.2, -0.15) is 0 Å². The van der Waals surface area contributed by atoms with Crippen LogP contribution in [-0.2, 0) is 6.42 Å². The van der Waals surface area contributed by atoms with Crippen LogP contribution in [0.3, 0.4) is 0 Å². The van der Waals surface area contributed by atoms with E-state index in [9.17, 15) is 9.18 Å². The van der Waals surface area contributed by atoms with E-state index < -0.39 is 11.8 Å². The lowest BCUT2D eigenvalue weighted by molar-refractivity contribution is 0.0696. The average molecular weight is 329 g/mol. The summed E-state index contributed by atoms with van der Waals surface area (Å²) in [6, 6.07) is 8.48. The van der Waals surface area contributed by atoms with Crippen molar-refractivity contribution in [3.63, 3.8) is 0 Å². The molecule has 3 nitrogen and oxygen atoms in total. The van der Waals surface area contributed by atoms with E-state index >= 15 is 0 Å². The number of carbonyl (C=O) groups is 1. The molecule has 0 amide bonds. The first-order chi connectivity index (χ1) is 9.97. The van der Waals surface area contributed by atoms with Crippen molar-refractivity contribution >= 4 is 29.2 Å². The van der Waals surface area contributed by atoms with E-state index in [0.29, 0.717) is 16.5 Å². The molecule has 2 rings (SSSR count). The van der Waals surface area contributed by atoms with Crippen LogP contribution in [0.25, 0.3) is 0 Å². The van der Waals surface area contributed by atoms with E-state index in [-0.39, 0.29) is 17.9 Å². The van der Waals surface area contributed by atoms with Crippen LogP contribution in [0.5, 0.6) is 5.75 Å². The topological polar surface area (TPSA) is 46.5 Å². The Balaban J connectivity index is 2.03. The van der Waals surface area contributed by atoms with E-state index in [1.807, 2.05) is 0 Å². The first kappa shape index (κ1) is 15.6. The van der Waals surface area contributed by atoms with Crippen molar-refractivity contribution < 1.29 is 19.0 Å². The van der Waals surface area contributed by atoms with E-state index in [4.69, 9.17) is 33.0 Å². The van der Waals surface area contributed by atoms with Crippen LogP contribution >= 0.6 is 23.2 Å². The van der Waals surface area contributed by atoms with E-state index in [1.54, 1.807) is 18.2 Å². The Kier molecular flexibility index (Phi) is 5.04. The molecule has 110 valence electrons. The maximum atomic E-state index is 13.5. The molecule has 0 unspecified atom stereocenters. The van der Waals surface area contributed by atoms with Crippen molar-refractivity contribution in [3.05, 3.63) is 63.4 Å². The quantitative estimate of drug-likeness (QED) is 0.881. The van der Waals surface area contributed by atoms with Gasteiger partial charge in [0.2, 0.25) is 0 Å². The number of carboxylic acid groups (broad SMARTS) is 1. The van der Waals surface area contributed by atoms with Crippen molar-refractivity contribution in [2.45, 2.75) is 6.42 Å². The maximum absolute atomic E-state index is 13.5. The van der Waals surface area contributed by atoms with Gasteiger partial charge in [0.1, 0.15) is 0 Å². The van der Waals surface area contributed by atoms with Crippen LogP contribution in [0.15, 0.2) is 36.4 Å². The van der Waals surface area contributed by atoms with Crippen molar-refractivity contribution in [1.29, 1.82) is 0 Å². The molecule has 21 heavy (non-hydrogen) atoms. The van der Waals surface area contributed by atoms with Crippen LogP contribution in [0.4, 0.5) is 4.39 Å². The first-order valence-electron chi connectivity index (χ1n) is 6.07. The zero-order valence-electron chi connectivity index (χ0n) is 10.8. The second kappa shape index (κ2) is 6.78. The summed E-state index contributed by atoms with van der Waals surface area (Å²) >= 11 is 11.8. The van der Waals surface area contributed by atoms with Crippen LogP contribution < -0.4 is 4.74 Å². The fourth-order valence-electron chi connectivity index (χ4n) is 1.74. The van der Waals surface area contributed by atoms with E-state index in [2.05, 4.69) is 0 Å². The molecule has 0 spiro atoms. The number of ether oxygens (including phenoxy) is 1. The van der Waals surface area contributed by atoms with Crippen molar-refractivity contribution in [2.24, 2.45) is 0 Å². The highest BCUT2D eigenvalue weighted by Gasteiger charge is 2.10. The minimum absolute atomic E-state index is 0.0316. The monoisotopic (exact) mass is 328 g/mol. The normalized spacial score (nSPS) is 10.4. The summed E-state index contributed by atoms with van der Waals surface area (Å²) in [5.41, 5.74) is 0.784. The molecule has 0 aliphatic heterocycles. The fraction of sp³-hybridized carbons (Fsp3) is 0.133. The molecule has 1 N–H and O–H groups in total.